The number of carbonyl (C=O) groups excluding carboxylic acids is 2. The average molecular weight is 327 g/mol. The van der Waals surface area contributed by atoms with Crippen LogP contribution in [0.25, 0.3) is 0 Å². The molecule has 0 aliphatic carbocycles. The Balaban J connectivity index is 1.65. The third kappa shape index (κ3) is 3.76. The molecule has 1 fully saturated rings. The summed E-state index contributed by atoms with van der Waals surface area (Å²) >= 11 is 0. The highest BCUT2D eigenvalue weighted by molar-refractivity contribution is 5.98. The number of likely N-dealkylation sites (tertiary alicyclic amines) is 1. The molecule has 0 atom stereocenters. The first kappa shape index (κ1) is 16.1. The first-order valence-corrected chi connectivity index (χ1v) is 7.91. The van der Waals surface area contributed by atoms with Crippen LogP contribution in [0, 0.1) is 5.82 Å². The summed E-state index contributed by atoms with van der Waals surface area (Å²) in [6, 6.07) is 9.04. The molecule has 1 aromatic heterocycles. The zero-order chi connectivity index (χ0) is 16.9. The van der Waals surface area contributed by atoms with E-state index < -0.39 is 0 Å². The lowest BCUT2D eigenvalue weighted by molar-refractivity contribution is 0.0792. The van der Waals surface area contributed by atoms with Crippen molar-refractivity contribution in [1.82, 2.24) is 15.2 Å². The van der Waals surface area contributed by atoms with Crippen molar-refractivity contribution in [3.05, 3.63) is 65.2 Å². The van der Waals surface area contributed by atoms with Crippen LogP contribution in [-0.2, 0) is 6.54 Å². The molecule has 2 aromatic rings. The number of nitrogens with zero attached hydrogens (tertiary/aromatic N) is 2. The summed E-state index contributed by atoms with van der Waals surface area (Å²) in [6.45, 7) is 1.78. The maximum atomic E-state index is 12.9. The average Bonchev–Trinajstić information content (AvgIpc) is 3.15. The summed E-state index contributed by atoms with van der Waals surface area (Å²) in [5, 5.41) is 2.72. The largest absolute Gasteiger partial charge is 0.347 e. The zero-order valence-corrected chi connectivity index (χ0v) is 13.2. The van der Waals surface area contributed by atoms with Gasteiger partial charge in [0.05, 0.1) is 0 Å². The number of amides is 2. The lowest BCUT2D eigenvalue weighted by atomic mass is 10.2. The Bertz CT molecular complexity index is 740. The fourth-order valence-corrected chi connectivity index (χ4v) is 2.67. The van der Waals surface area contributed by atoms with Crippen LogP contribution in [0.15, 0.2) is 42.6 Å². The van der Waals surface area contributed by atoms with E-state index in [0.717, 1.165) is 31.5 Å². The Labute approximate surface area is 139 Å². The molecule has 3 rings (SSSR count). The molecular formula is C18H18FN3O2. The zero-order valence-electron chi connectivity index (χ0n) is 13.2. The minimum atomic E-state index is -0.365. The third-order valence-corrected chi connectivity index (χ3v) is 4.00. The highest BCUT2D eigenvalue weighted by Gasteiger charge is 2.20. The van der Waals surface area contributed by atoms with E-state index in [0.29, 0.717) is 5.56 Å². The fourth-order valence-electron chi connectivity index (χ4n) is 2.67. The van der Waals surface area contributed by atoms with E-state index in [2.05, 4.69) is 10.3 Å². The van der Waals surface area contributed by atoms with E-state index in [-0.39, 0.29) is 29.9 Å². The fraction of sp³-hybridized carbons (Fsp3) is 0.278. The van der Waals surface area contributed by atoms with Crippen molar-refractivity contribution in [2.75, 3.05) is 13.1 Å². The molecular weight excluding hydrogens is 309 g/mol. The number of aromatic nitrogens is 1. The van der Waals surface area contributed by atoms with E-state index >= 15 is 0 Å². The van der Waals surface area contributed by atoms with Crippen LogP contribution in [0.2, 0.25) is 0 Å². The summed E-state index contributed by atoms with van der Waals surface area (Å²) in [6.07, 6.45) is 3.50. The van der Waals surface area contributed by atoms with Gasteiger partial charge in [0.25, 0.3) is 11.8 Å². The maximum Gasteiger partial charge on any atom is 0.270 e. The summed E-state index contributed by atoms with van der Waals surface area (Å²) in [5.41, 5.74) is 1.45. The molecule has 0 saturated carbocycles. The molecule has 1 aliphatic rings. The van der Waals surface area contributed by atoms with Crippen molar-refractivity contribution < 1.29 is 14.0 Å². The Kier molecular flexibility index (Phi) is 4.84. The van der Waals surface area contributed by atoms with Gasteiger partial charge in [0.1, 0.15) is 11.5 Å². The van der Waals surface area contributed by atoms with E-state index in [4.69, 9.17) is 0 Å². The van der Waals surface area contributed by atoms with Crippen molar-refractivity contribution >= 4 is 11.8 Å². The SMILES string of the molecule is O=C(NCc1ccc(F)cc1)c1cc(C(=O)N2CCCC2)ccn1. The molecule has 0 spiro atoms. The molecule has 0 unspecified atom stereocenters. The van der Waals surface area contributed by atoms with E-state index in [1.807, 2.05) is 0 Å². The van der Waals surface area contributed by atoms with Crippen molar-refractivity contribution in [2.45, 2.75) is 19.4 Å². The molecule has 24 heavy (non-hydrogen) atoms. The topological polar surface area (TPSA) is 62.3 Å². The molecule has 1 aromatic carbocycles. The molecule has 0 radical (unpaired) electrons. The number of halogens is 1. The highest BCUT2D eigenvalue weighted by atomic mass is 19.1. The third-order valence-electron chi connectivity index (χ3n) is 4.00. The van der Waals surface area contributed by atoms with Gasteiger partial charge >= 0.3 is 0 Å². The summed E-state index contributed by atoms with van der Waals surface area (Å²) in [7, 11) is 0. The number of rotatable bonds is 4. The molecule has 1 saturated heterocycles. The number of hydrogen-bond donors (Lipinski definition) is 1. The number of pyridine rings is 1. The molecule has 2 heterocycles. The number of hydrogen-bond acceptors (Lipinski definition) is 3. The first-order chi connectivity index (χ1) is 11.6. The second-order valence-corrected chi connectivity index (χ2v) is 5.74. The summed E-state index contributed by atoms with van der Waals surface area (Å²) < 4.78 is 12.9. The minimum Gasteiger partial charge on any atom is -0.347 e. The van der Waals surface area contributed by atoms with Gasteiger partial charge in [-0.25, -0.2) is 4.39 Å². The molecule has 124 valence electrons. The van der Waals surface area contributed by atoms with Crippen LogP contribution < -0.4 is 5.32 Å². The van der Waals surface area contributed by atoms with Crippen molar-refractivity contribution in [1.29, 1.82) is 0 Å². The second-order valence-electron chi connectivity index (χ2n) is 5.74. The predicted molar refractivity (Wildman–Crippen MR) is 86.9 cm³/mol. The second kappa shape index (κ2) is 7.21. The van der Waals surface area contributed by atoms with Gasteiger partial charge < -0.3 is 10.2 Å². The van der Waals surface area contributed by atoms with Crippen LogP contribution in [0.1, 0.15) is 39.3 Å². The number of carbonyl (C=O) groups is 2. The van der Waals surface area contributed by atoms with Crippen LogP contribution in [0.4, 0.5) is 4.39 Å². The van der Waals surface area contributed by atoms with Crippen LogP contribution in [-0.4, -0.2) is 34.8 Å². The van der Waals surface area contributed by atoms with Crippen molar-refractivity contribution in [2.24, 2.45) is 0 Å². The minimum absolute atomic E-state index is 0.0671. The maximum absolute atomic E-state index is 12.9. The van der Waals surface area contributed by atoms with Gasteiger partial charge in [-0.2, -0.15) is 0 Å². The van der Waals surface area contributed by atoms with E-state index in [9.17, 15) is 14.0 Å². The molecule has 0 bridgehead atoms. The Morgan fingerprint density at radius 1 is 1.12 bits per heavy atom. The van der Waals surface area contributed by atoms with Gasteiger partial charge in [-0.1, -0.05) is 12.1 Å². The molecule has 1 N–H and O–H groups in total. The van der Waals surface area contributed by atoms with Gasteiger partial charge in [-0.05, 0) is 42.7 Å². The van der Waals surface area contributed by atoms with E-state index in [1.165, 1.54) is 24.4 Å². The van der Waals surface area contributed by atoms with Gasteiger partial charge in [-0.15, -0.1) is 0 Å². The molecule has 6 heteroatoms. The van der Waals surface area contributed by atoms with Crippen LogP contribution in [0.3, 0.4) is 0 Å². The quantitative estimate of drug-likeness (QED) is 0.938. The van der Waals surface area contributed by atoms with Gasteiger partial charge in [0.2, 0.25) is 0 Å². The normalized spacial score (nSPS) is 13.8. The van der Waals surface area contributed by atoms with Crippen LogP contribution >= 0.6 is 0 Å². The van der Waals surface area contributed by atoms with Crippen molar-refractivity contribution in [3.8, 4) is 0 Å². The van der Waals surface area contributed by atoms with E-state index in [1.54, 1.807) is 23.1 Å². The lowest BCUT2D eigenvalue weighted by Crippen LogP contribution is -2.28. The summed E-state index contributed by atoms with van der Waals surface area (Å²) in [5.74, 6) is -0.752. The summed E-state index contributed by atoms with van der Waals surface area (Å²) in [4.78, 5) is 30.4. The number of benzene rings is 1. The predicted octanol–water partition coefficient (Wildman–Crippen LogP) is 2.39. The number of nitrogens with one attached hydrogen (secondary N) is 1. The molecule has 1 aliphatic heterocycles. The smallest absolute Gasteiger partial charge is 0.270 e. The Morgan fingerprint density at radius 2 is 1.83 bits per heavy atom. The Hall–Kier alpha value is -2.76. The monoisotopic (exact) mass is 327 g/mol. The highest BCUT2D eigenvalue weighted by Crippen LogP contribution is 2.13. The standard InChI is InChI=1S/C18H18FN3O2/c19-15-5-3-13(4-6-15)12-21-17(23)16-11-14(7-8-20-16)18(24)22-9-1-2-10-22/h3-8,11H,1-2,9-10,12H2,(H,21,23). The van der Waals surface area contributed by atoms with Gasteiger partial charge in [0.15, 0.2) is 0 Å². The van der Waals surface area contributed by atoms with Crippen LogP contribution in [0.5, 0.6) is 0 Å². The van der Waals surface area contributed by atoms with Gasteiger partial charge in [-0.3, -0.25) is 14.6 Å². The van der Waals surface area contributed by atoms with Crippen molar-refractivity contribution in [3.63, 3.8) is 0 Å². The molecule has 2 amide bonds. The first-order valence-electron chi connectivity index (χ1n) is 7.91. The molecule has 5 nitrogen and oxygen atoms in total. The Morgan fingerprint density at radius 3 is 2.54 bits per heavy atom. The lowest BCUT2D eigenvalue weighted by Gasteiger charge is -2.15. The van der Waals surface area contributed by atoms with Gasteiger partial charge in [0, 0.05) is 31.4 Å².